The van der Waals surface area contributed by atoms with E-state index in [9.17, 15) is 13.2 Å². The van der Waals surface area contributed by atoms with Gasteiger partial charge in [0.05, 0.1) is 12.5 Å². The monoisotopic (exact) mass is 386 g/mol. The van der Waals surface area contributed by atoms with Gasteiger partial charge in [0.15, 0.2) is 0 Å². The first kappa shape index (κ1) is 18.9. The van der Waals surface area contributed by atoms with Gasteiger partial charge in [-0.1, -0.05) is 37.6 Å². The van der Waals surface area contributed by atoms with E-state index in [0.717, 1.165) is 21.8 Å². The highest BCUT2D eigenvalue weighted by molar-refractivity contribution is 7.91. The van der Waals surface area contributed by atoms with Crippen LogP contribution in [0.3, 0.4) is 0 Å². The number of hydrogen-bond donors (Lipinski definition) is 2. The maximum Gasteiger partial charge on any atom is 0.247 e. The van der Waals surface area contributed by atoms with Crippen LogP contribution in [-0.2, 0) is 21.4 Å². The first-order valence-electron chi connectivity index (χ1n) is 7.33. The van der Waals surface area contributed by atoms with Crippen LogP contribution in [0.25, 0.3) is 0 Å². The molecule has 0 unspecified atom stereocenters. The maximum absolute atomic E-state index is 12.6. The maximum atomic E-state index is 12.6. The summed E-state index contributed by atoms with van der Waals surface area (Å²) in [5.74, 6) is -0.313. The fourth-order valence-corrected chi connectivity index (χ4v) is 4.24. The predicted octanol–water partition coefficient (Wildman–Crippen LogP) is 3.10. The summed E-state index contributed by atoms with van der Waals surface area (Å²) in [5, 5.41) is 8.57. The van der Waals surface area contributed by atoms with E-state index in [2.05, 4.69) is 5.32 Å². The van der Waals surface area contributed by atoms with Gasteiger partial charge in [-0.05, 0) is 35.7 Å². The number of rotatable bonds is 6. The zero-order valence-electron chi connectivity index (χ0n) is 13.3. The third-order valence-corrected chi connectivity index (χ3v) is 6.31. The van der Waals surface area contributed by atoms with Gasteiger partial charge in [-0.15, -0.1) is 11.3 Å². The van der Waals surface area contributed by atoms with Gasteiger partial charge in [-0.2, -0.15) is 0 Å². The van der Waals surface area contributed by atoms with Crippen molar-refractivity contribution in [3.63, 3.8) is 0 Å². The molecule has 1 aromatic heterocycles. The Morgan fingerprint density at radius 3 is 2.33 bits per heavy atom. The quantitative estimate of drug-likeness (QED) is 0.799. The second-order valence-electron chi connectivity index (χ2n) is 5.76. The highest BCUT2D eigenvalue weighted by atomic mass is 35.5. The largest absolute Gasteiger partial charge is 0.351 e. The van der Waals surface area contributed by atoms with Crippen molar-refractivity contribution in [2.24, 2.45) is 11.1 Å². The molecule has 3 N–H and O–H groups in total. The average molecular weight is 387 g/mol. The van der Waals surface area contributed by atoms with Crippen LogP contribution in [0.2, 0.25) is 5.02 Å². The van der Waals surface area contributed by atoms with Crippen molar-refractivity contribution >= 4 is 38.9 Å². The molecule has 0 fully saturated rings. The molecule has 0 saturated heterocycles. The number of nitrogens with two attached hydrogens (primary N) is 1. The molecule has 0 aliphatic carbocycles. The molecule has 5 nitrogen and oxygen atoms in total. The molecular weight excluding hydrogens is 368 g/mol. The fourth-order valence-electron chi connectivity index (χ4n) is 2.40. The van der Waals surface area contributed by atoms with E-state index in [-0.39, 0.29) is 28.5 Å². The summed E-state index contributed by atoms with van der Waals surface area (Å²) in [4.78, 5) is 13.3. The minimum atomic E-state index is -3.70. The Bertz CT molecular complexity index is 814. The zero-order chi connectivity index (χ0) is 17.9. The first-order valence-corrected chi connectivity index (χ1v) is 10.1. The summed E-state index contributed by atoms with van der Waals surface area (Å²) < 4.78 is 22.7. The minimum Gasteiger partial charge on any atom is -0.351 e. The molecule has 2 rings (SSSR count). The van der Waals surface area contributed by atoms with Crippen molar-refractivity contribution in [3.05, 3.63) is 51.9 Å². The molecule has 1 aromatic carbocycles. The van der Waals surface area contributed by atoms with E-state index in [1.165, 1.54) is 6.07 Å². The Balaban J connectivity index is 2.08. The number of nitrogens with one attached hydrogen (secondary N) is 1. The average Bonchev–Trinajstić information content (AvgIpc) is 2.96. The fraction of sp³-hybridized carbons (Fsp3) is 0.312. The lowest BCUT2D eigenvalue weighted by Crippen LogP contribution is -2.31. The van der Waals surface area contributed by atoms with Crippen LogP contribution in [0.15, 0.2) is 40.6 Å². The van der Waals surface area contributed by atoms with Crippen molar-refractivity contribution in [1.82, 2.24) is 5.32 Å². The highest BCUT2D eigenvalue weighted by Crippen LogP contribution is 2.26. The van der Waals surface area contributed by atoms with Crippen molar-refractivity contribution in [2.45, 2.75) is 30.5 Å². The molecule has 1 amide bonds. The minimum absolute atomic E-state index is 0.0878. The van der Waals surface area contributed by atoms with Gasteiger partial charge in [-0.3, -0.25) is 4.79 Å². The molecule has 0 spiro atoms. The van der Waals surface area contributed by atoms with Gasteiger partial charge >= 0.3 is 0 Å². The van der Waals surface area contributed by atoms with Crippen molar-refractivity contribution in [3.8, 4) is 0 Å². The zero-order valence-corrected chi connectivity index (χ0v) is 15.7. The summed E-state index contributed by atoms with van der Waals surface area (Å²) in [7, 11) is -3.70. The molecule has 0 bridgehead atoms. The SMILES string of the molecule is CC(C)[C@@H](C(=O)NCc1ccc(S(N)(=O)=O)s1)c1ccc(Cl)cc1. The number of carbonyl (C=O) groups is 1. The van der Waals surface area contributed by atoms with Crippen LogP contribution in [0.5, 0.6) is 0 Å². The van der Waals surface area contributed by atoms with Crippen molar-refractivity contribution in [1.29, 1.82) is 0 Å². The number of amides is 1. The van der Waals surface area contributed by atoms with E-state index in [4.69, 9.17) is 16.7 Å². The number of carbonyl (C=O) groups excluding carboxylic acids is 1. The normalized spacial score (nSPS) is 13.0. The summed E-state index contributed by atoms with van der Waals surface area (Å²) >= 11 is 6.95. The Morgan fingerprint density at radius 1 is 1.21 bits per heavy atom. The molecule has 0 aliphatic rings. The van der Waals surface area contributed by atoms with Gasteiger partial charge in [0, 0.05) is 9.90 Å². The smallest absolute Gasteiger partial charge is 0.247 e. The van der Waals surface area contributed by atoms with E-state index in [1.807, 2.05) is 26.0 Å². The van der Waals surface area contributed by atoms with Crippen LogP contribution in [0.1, 0.15) is 30.2 Å². The number of hydrogen-bond acceptors (Lipinski definition) is 4. The van der Waals surface area contributed by atoms with Crippen LogP contribution >= 0.6 is 22.9 Å². The lowest BCUT2D eigenvalue weighted by atomic mass is 9.87. The number of benzene rings is 1. The van der Waals surface area contributed by atoms with Crippen LogP contribution in [0.4, 0.5) is 0 Å². The number of primary sulfonamides is 1. The van der Waals surface area contributed by atoms with Gasteiger partial charge < -0.3 is 5.32 Å². The number of halogens is 1. The van der Waals surface area contributed by atoms with Crippen LogP contribution < -0.4 is 10.5 Å². The van der Waals surface area contributed by atoms with Gasteiger partial charge in [0.1, 0.15) is 4.21 Å². The van der Waals surface area contributed by atoms with E-state index >= 15 is 0 Å². The molecule has 8 heteroatoms. The van der Waals surface area contributed by atoms with Crippen molar-refractivity contribution < 1.29 is 13.2 Å². The Labute approximate surface area is 150 Å². The summed E-state index contributed by atoms with van der Waals surface area (Å²) in [6.07, 6.45) is 0. The van der Waals surface area contributed by atoms with Gasteiger partial charge in [0.25, 0.3) is 0 Å². The van der Waals surface area contributed by atoms with E-state index in [1.54, 1.807) is 18.2 Å². The van der Waals surface area contributed by atoms with E-state index in [0.29, 0.717) is 5.02 Å². The van der Waals surface area contributed by atoms with E-state index < -0.39 is 10.0 Å². The third kappa shape index (κ3) is 4.80. The molecule has 1 heterocycles. The topological polar surface area (TPSA) is 89.3 Å². The molecule has 1 atom stereocenters. The second-order valence-corrected chi connectivity index (χ2v) is 9.15. The van der Waals surface area contributed by atoms with Gasteiger partial charge in [-0.25, -0.2) is 13.6 Å². The number of sulfonamides is 1. The number of thiophene rings is 1. The van der Waals surface area contributed by atoms with Gasteiger partial charge in [0.2, 0.25) is 15.9 Å². The molecule has 0 saturated carbocycles. The van der Waals surface area contributed by atoms with Crippen LogP contribution in [-0.4, -0.2) is 14.3 Å². The molecule has 130 valence electrons. The summed E-state index contributed by atoms with van der Waals surface area (Å²) in [5.41, 5.74) is 0.892. The highest BCUT2D eigenvalue weighted by Gasteiger charge is 2.24. The molecule has 0 radical (unpaired) electrons. The summed E-state index contributed by atoms with van der Waals surface area (Å²) in [6, 6.07) is 10.3. The summed E-state index contributed by atoms with van der Waals surface area (Å²) in [6.45, 7) is 4.21. The molecule has 24 heavy (non-hydrogen) atoms. The Kier molecular flexibility index (Phi) is 6.03. The Morgan fingerprint density at radius 2 is 1.83 bits per heavy atom. The first-order chi connectivity index (χ1) is 11.2. The second kappa shape index (κ2) is 7.65. The molecule has 2 aromatic rings. The third-order valence-electron chi connectivity index (χ3n) is 3.53. The lowest BCUT2D eigenvalue weighted by molar-refractivity contribution is -0.123. The predicted molar refractivity (Wildman–Crippen MR) is 96.6 cm³/mol. The lowest BCUT2D eigenvalue weighted by Gasteiger charge is -2.20. The molecule has 0 aliphatic heterocycles. The standard InChI is InChI=1S/C16H19ClN2O3S2/c1-10(2)15(11-3-5-12(17)6-4-11)16(20)19-9-13-7-8-14(23-13)24(18,21)22/h3-8,10,15H,9H2,1-2H3,(H,19,20)(H2,18,21,22)/t15-/m1/s1. The van der Waals surface area contributed by atoms with Crippen molar-refractivity contribution in [2.75, 3.05) is 0 Å². The molecular formula is C16H19ClN2O3S2. The van der Waals surface area contributed by atoms with Crippen LogP contribution in [0, 0.1) is 5.92 Å². The Hall–Kier alpha value is -1.41.